The van der Waals surface area contributed by atoms with Gasteiger partial charge in [0.05, 0.1) is 0 Å². The lowest BCUT2D eigenvalue weighted by atomic mass is 10.1. The molecular formula is C12H19N3O. The zero-order valence-corrected chi connectivity index (χ0v) is 10.0. The van der Waals surface area contributed by atoms with Gasteiger partial charge in [-0.25, -0.2) is 0 Å². The van der Waals surface area contributed by atoms with Crippen LogP contribution in [-0.2, 0) is 0 Å². The zero-order chi connectivity index (χ0) is 12.1. The van der Waals surface area contributed by atoms with Gasteiger partial charge in [-0.3, -0.25) is 0 Å². The molecule has 0 saturated carbocycles. The predicted octanol–water partition coefficient (Wildman–Crippen LogP) is 2.02. The zero-order valence-electron chi connectivity index (χ0n) is 10.0. The average molecular weight is 221 g/mol. The Kier molecular flexibility index (Phi) is 4.17. The van der Waals surface area contributed by atoms with Crippen LogP contribution in [0.3, 0.4) is 0 Å². The molecule has 1 atom stereocenters. The SMILES string of the molecule is CCC(C)N(C)c1ccc(/C(N)=N/O)cc1. The van der Waals surface area contributed by atoms with Gasteiger partial charge in [0.15, 0.2) is 5.84 Å². The van der Waals surface area contributed by atoms with E-state index in [0.717, 1.165) is 17.7 Å². The van der Waals surface area contributed by atoms with Crippen LogP contribution in [-0.4, -0.2) is 24.1 Å². The first-order valence-electron chi connectivity index (χ1n) is 5.41. The number of oxime groups is 1. The average Bonchev–Trinajstić information content (AvgIpc) is 2.36. The van der Waals surface area contributed by atoms with Crippen molar-refractivity contribution in [3.05, 3.63) is 29.8 Å². The minimum atomic E-state index is 0.137. The first-order valence-corrected chi connectivity index (χ1v) is 5.41. The van der Waals surface area contributed by atoms with Gasteiger partial charge in [0.25, 0.3) is 0 Å². The summed E-state index contributed by atoms with van der Waals surface area (Å²) in [6, 6.07) is 8.14. The molecular weight excluding hydrogens is 202 g/mol. The summed E-state index contributed by atoms with van der Waals surface area (Å²) in [4.78, 5) is 2.20. The second-order valence-electron chi connectivity index (χ2n) is 3.90. The van der Waals surface area contributed by atoms with Crippen molar-refractivity contribution < 1.29 is 5.21 Å². The molecule has 0 amide bonds. The van der Waals surface area contributed by atoms with E-state index in [9.17, 15) is 0 Å². The Labute approximate surface area is 96.4 Å². The van der Waals surface area contributed by atoms with E-state index in [0.29, 0.717) is 6.04 Å². The molecule has 0 fully saturated rings. The fourth-order valence-corrected chi connectivity index (χ4v) is 1.45. The molecule has 0 heterocycles. The van der Waals surface area contributed by atoms with Crippen molar-refractivity contribution in [2.24, 2.45) is 10.9 Å². The van der Waals surface area contributed by atoms with Crippen LogP contribution in [0.15, 0.2) is 29.4 Å². The van der Waals surface area contributed by atoms with Crippen molar-refractivity contribution in [3.8, 4) is 0 Å². The second-order valence-corrected chi connectivity index (χ2v) is 3.90. The van der Waals surface area contributed by atoms with Crippen molar-refractivity contribution in [1.82, 2.24) is 0 Å². The first-order chi connectivity index (χ1) is 7.60. The quantitative estimate of drug-likeness (QED) is 0.354. The van der Waals surface area contributed by atoms with Crippen molar-refractivity contribution >= 4 is 11.5 Å². The number of hydrogen-bond donors (Lipinski definition) is 2. The van der Waals surface area contributed by atoms with Gasteiger partial charge in [-0.15, -0.1) is 0 Å². The highest BCUT2D eigenvalue weighted by Gasteiger charge is 2.08. The highest BCUT2D eigenvalue weighted by Crippen LogP contribution is 2.17. The summed E-state index contributed by atoms with van der Waals surface area (Å²) in [7, 11) is 2.06. The highest BCUT2D eigenvalue weighted by atomic mass is 16.4. The Morgan fingerprint density at radius 3 is 2.44 bits per heavy atom. The van der Waals surface area contributed by atoms with Gasteiger partial charge in [-0.05, 0) is 37.6 Å². The molecule has 0 aliphatic rings. The lowest BCUT2D eigenvalue weighted by molar-refractivity contribution is 0.318. The number of amidine groups is 1. The second kappa shape index (κ2) is 5.39. The molecule has 16 heavy (non-hydrogen) atoms. The third-order valence-corrected chi connectivity index (χ3v) is 2.93. The van der Waals surface area contributed by atoms with Crippen LogP contribution >= 0.6 is 0 Å². The molecule has 0 bridgehead atoms. The molecule has 0 radical (unpaired) electrons. The monoisotopic (exact) mass is 221 g/mol. The van der Waals surface area contributed by atoms with E-state index in [4.69, 9.17) is 10.9 Å². The number of anilines is 1. The van der Waals surface area contributed by atoms with Crippen LogP contribution in [0.1, 0.15) is 25.8 Å². The molecule has 4 nitrogen and oxygen atoms in total. The normalized spacial score (nSPS) is 13.6. The smallest absolute Gasteiger partial charge is 0.170 e. The number of benzene rings is 1. The summed E-state index contributed by atoms with van der Waals surface area (Å²) in [6.07, 6.45) is 1.10. The van der Waals surface area contributed by atoms with E-state index in [1.807, 2.05) is 24.3 Å². The van der Waals surface area contributed by atoms with Crippen LogP contribution in [0, 0.1) is 0 Å². The summed E-state index contributed by atoms with van der Waals surface area (Å²) in [6.45, 7) is 4.34. The number of nitrogens with two attached hydrogens (primary N) is 1. The Hall–Kier alpha value is -1.71. The molecule has 3 N–H and O–H groups in total. The first kappa shape index (κ1) is 12.4. The predicted molar refractivity (Wildman–Crippen MR) is 67.1 cm³/mol. The summed E-state index contributed by atoms with van der Waals surface area (Å²) < 4.78 is 0. The number of hydrogen-bond acceptors (Lipinski definition) is 3. The van der Waals surface area contributed by atoms with Gasteiger partial charge in [0, 0.05) is 24.3 Å². The Bertz CT molecular complexity index is 359. The molecule has 0 aromatic heterocycles. The summed E-state index contributed by atoms with van der Waals surface area (Å²) >= 11 is 0. The Morgan fingerprint density at radius 2 is 2.00 bits per heavy atom. The Balaban J connectivity index is 2.86. The van der Waals surface area contributed by atoms with E-state index < -0.39 is 0 Å². The molecule has 1 aromatic carbocycles. The van der Waals surface area contributed by atoms with Gasteiger partial charge in [-0.2, -0.15) is 0 Å². The molecule has 0 saturated heterocycles. The molecule has 88 valence electrons. The maximum Gasteiger partial charge on any atom is 0.170 e. The van der Waals surface area contributed by atoms with Crippen LogP contribution < -0.4 is 10.6 Å². The Morgan fingerprint density at radius 1 is 1.44 bits per heavy atom. The van der Waals surface area contributed by atoms with E-state index >= 15 is 0 Å². The third-order valence-electron chi connectivity index (χ3n) is 2.93. The molecule has 0 aliphatic heterocycles. The minimum absolute atomic E-state index is 0.137. The van der Waals surface area contributed by atoms with Crippen molar-refractivity contribution in [1.29, 1.82) is 0 Å². The van der Waals surface area contributed by atoms with Crippen LogP contribution in [0.25, 0.3) is 0 Å². The lowest BCUT2D eigenvalue weighted by Crippen LogP contribution is -2.27. The minimum Gasteiger partial charge on any atom is -0.409 e. The van der Waals surface area contributed by atoms with Gasteiger partial charge >= 0.3 is 0 Å². The molecule has 0 spiro atoms. The van der Waals surface area contributed by atoms with Gasteiger partial charge < -0.3 is 15.8 Å². The summed E-state index contributed by atoms with van der Waals surface area (Å²) in [5.74, 6) is 0.137. The van der Waals surface area contributed by atoms with Crippen LogP contribution in [0.4, 0.5) is 5.69 Å². The largest absolute Gasteiger partial charge is 0.409 e. The van der Waals surface area contributed by atoms with Crippen LogP contribution in [0.2, 0.25) is 0 Å². The van der Waals surface area contributed by atoms with E-state index in [1.54, 1.807) is 0 Å². The molecule has 4 heteroatoms. The maximum atomic E-state index is 8.55. The molecule has 1 rings (SSSR count). The van der Waals surface area contributed by atoms with E-state index in [2.05, 4.69) is 31.0 Å². The number of nitrogens with zero attached hydrogens (tertiary/aromatic N) is 2. The standard InChI is InChI=1S/C12H19N3O/c1-4-9(2)15(3)11-7-5-10(6-8-11)12(13)14-16/h5-9,16H,4H2,1-3H3,(H2,13,14). The maximum absolute atomic E-state index is 8.55. The summed E-state index contributed by atoms with van der Waals surface area (Å²) in [5, 5.41) is 11.5. The fourth-order valence-electron chi connectivity index (χ4n) is 1.45. The lowest BCUT2D eigenvalue weighted by Gasteiger charge is -2.26. The van der Waals surface area contributed by atoms with Crippen molar-refractivity contribution in [2.75, 3.05) is 11.9 Å². The van der Waals surface area contributed by atoms with Gasteiger partial charge in [0.2, 0.25) is 0 Å². The van der Waals surface area contributed by atoms with Crippen molar-refractivity contribution in [3.63, 3.8) is 0 Å². The van der Waals surface area contributed by atoms with Crippen LogP contribution in [0.5, 0.6) is 0 Å². The van der Waals surface area contributed by atoms with E-state index in [-0.39, 0.29) is 5.84 Å². The number of rotatable bonds is 4. The molecule has 0 aliphatic carbocycles. The molecule has 1 unspecified atom stereocenters. The highest BCUT2D eigenvalue weighted by molar-refractivity contribution is 5.97. The van der Waals surface area contributed by atoms with Crippen molar-refractivity contribution in [2.45, 2.75) is 26.3 Å². The third kappa shape index (κ3) is 2.66. The fraction of sp³-hybridized carbons (Fsp3) is 0.417. The van der Waals surface area contributed by atoms with E-state index in [1.165, 1.54) is 0 Å². The summed E-state index contributed by atoms with van der Waals surface area (Å²) in [5.41, 5.74) is 7.35. The molecule has 1 aromatic rings. The van der Waals surface area contributed by atoms with Gasteiger partial charge in [-0.1, -0.05) is 12.1 Å². The van der Waals surface area contributed by atoms with Gasteiger partial charge in [0.1, 0.15) is 0 Å². The topological polar surface area (TPSA) is 61.8 Å².